The Labute approximate surface area is 169 Å². The molecule has 2 N–H and O–H groups in total. The third kappa shape index (κ3) is 2.98. The van der Waals surface area contributed by atoms with Gasteiger partial charge in [-0.25, -0.2) is 0 Å². The molecule has 4 rings (SSSR count). The van der Waals surface area contributed by atoms with E-state index in [9.17, 15) is 27.7 Å². The molecule has 0 fully saturated rings. The smallest absolute Gasteiger partial charge is 0.300 e. The summed E-state index contributed by atoms with van der Waals surface area (Å²) < 4.78 is 64.2. The number of aromatic hydroxyl groups is 1. The number of phenolic OH excluding ortho intramolecular Hbond substituents is 1. The summed E-state index contributed by atoms with van der Waals surface area (Å²) in [7, 11) is -4.77. The third-order valence-corrected chi connectivity index (χ3v) is 5.98. The van der Waals surface area contributed by atoms with Gasteiger partial charge in [-0.3, -0.25) is 14.1 Å². The van der Waals surface area contributed by atoms with Crippen molar-refractivity contribution in [1.82, 2.24) is 0 Å². The van der Waals surface area contributed by atoms with Gasteiger partial charge >= 0.3 is 0 Å². The van der Waals surface area contributed by atoms with E-state index in [-0.39, 0.29) is 16.7 Å². The number of fused-ring (bicyclic) bond motifs is 2. The van der Waals surface area contributed by atoms with Gasteiger partial charge in [0.15, 0.2) is 11.6 Å². The fraction of sp³-hybridized carbons (Fsp3) is 0.143. The van der Waals surface area contributed by atoms with Crippen molar-refractivity contribution < 1.29 is 36.4 Å². The Morgan fingerprint density at radius 3 is 2.37 bits per heavy atom. The second kappa shape index (κ2) is 6.41. The lowest BCUT2D eigenvalue weighted by Gasteiger charge is -2.34. The van der Waals surface area contributed by atoms with E-state index in [0.29, 0.717) is 11.6 Å². The van der Waals surface area contributed by atoms with Gasteiger partial charge in [0.05, 0.1) is 6.42 Å². The molecule has 154 valence electrons. The quantitative estimate of drug-likeness (QED) is 0.557. The highest BCUT2D eigenvalue weighted by molar-refractivity contribution is 7.86. The van der Waals surface area contributed by atoms with Crippen molar-refractivity contribution in [3.8, 4) is 5.75 Å². The maximum atomic E-state index is 15.3. The van der Waals surface area contributed by atoms with Crippen LogP contribution in [0, 0.1) is 6.92 Å². The van der Waals surface area contributed by atoms with Crippen molar-refractivity contribution in [2.75, 3.05) is 0 Å². The summed E-state index contributed by atoms with van der Waals surface area (Å²) in [6.07, 6.45) is 0.0332. The number of aryl methyl sites for hydroxylation is 1. The standard InChI is InChI=1S/C21H14F2O6S/c1-10-2-5-18(30(27,28)29)14(6-10)19-13-4-3-11(24)7-15(13)21(22,23)16-8-12(25)9-17(26)20(16)19/h2-8,24H,9H2,1H3,(H,27,28,29). The van der Waals surface area contributed by atoms with E-state index in [1.54, 1.807) is 6.92 Å². The molecule has 0 amide bonds. The van der Waals surface area contributed by atoms with Gasteiger partial charge in [-0.2, -0.15) is 17.2 Å². The Morgan fingerprint density at radius 2 is 1.70 bits per heavy atom. The number of phenols is 1. The molecule has 0 saturated carbocycles. The van der Waals surface area contributed by atoms with Crippen LogP contribution in [0.15, 0.2) is 58.5 Å². The zero-order valence-corrected chi connectivity index (χ0v) is 16.3. The van der Waals surface area contributed by atoms with Crippen LogP contribution in [0.2, 0.25) is 0 Å². The van der Waals surface area contributed by atoms with Crippen LogP contribution in [-0.4, -0.2) is 29.6 Å². The summed E-state index contributed by atoms with van der Waals surface area (Å²) in [6.45, 7) is 1.63. The largest absolute Gasteiger partial charge is 0.508 e. The maximum absolute atomic E-state index is 15.3. The van der Waals surface area contributed by atoms with Gasteiger partial charge in [0.25, 0.3) is 16.0 Å². The van der Waals surface area contributed by atoms with Gasteiger partial charge in [-0.15, -0.1) is 0 Å². The predicted molar refractivity (Wildman–Crippen MR) is 102 cm³/mol. The van der Waals surface area contributed by atoms with Gasteiger partial charge in [-0.1, -0.05) is 17.7 Å². The molecule has 0 unspecified atom stereocenters. The Kier molecular flexibility index (Phi) is 4.30. The Bertz CT molecular complexity index is 1320. The normalized spacial score (nSPS) is 18.1. The van der Waals surface area contributed by atoms with Crippen LogP contribution < -0.4 is 0 Å². The summed E-state index contributed by atoms with van der Waals surface area (Å²) in [5, 5.41) is 9.77. The van der Waals surface area contributed by atoms with E-state index in [1.165, 1.54) is 12.1 Å². The molecule has 2 aromatic carbocycles. The van der Waals surface area contributed by atoms with E-state index in [1.807, 2.05) is 0 Å². The molecule has 0 aliphatic heterocycles. The van der Waals surface area contributed by atoms with Gasteiger partial charge in [0.2, 0.25) is 0 Å². The molecule has 30 heavy (non-hydrogen) atoms. The maximum Gasteiger partial charge on any atom is 0.300 e. The van der Waals surface area contributed by atoms with E-state index in [0.717, 1.165) is 24.3 Å². The number of carbonyl (C=O) groups is 2. The average Bonchev–Trinajstić information content (AvgIpc) is 2.62. The van der Waals surface area contributed by atoms with E-state index >= 15 is 8.78 Å². The number of rotatable bonds is 2. The summed E-state index contributed by atoms with van der Waals surface area (Å²) in [5.74, 6) is -5.93. The Morgan fingerprint density at radius 1 is 1.00 bits per heavy atom. The second-order valence-corrected chi connectivity index (χ2v) is 8.54. The number of hydrogen-bond acceptors (Lipinski definition) is 5. The first-order chi connectivity index (χ1) is 13.9. The van der Waals surface area contributed by atoms with Crippen molar-refractivity contribution >= 4 is 27.3 Å². The molecule has 0 heterocycles. The number of allylic oxidation sites excluding steroid dienone is 3. The molecule has 0 spiro atoms. The lowest BCUT2D eigenvalue weighted by Crippen LogP contribution is -2.32. The minimum Gasteiger partial charge on any atom is -0.508 e. The zero-order valence-electron chi connectivity index (χ0n) is 15.4. The number of alkyl halides is 2. The highest BCUT2D eigenvalue weighted by Gasteiger charge is 2.49. The topological polar surface area (TPSA) is 109 Å². The van der Waals surface area contributed by atoms with Crippen molar-refractivity contribution in [3.63, 3.8) is 0 Å². The summed E-state index contributed by atoms with van der Waals surface area (Å²) in [5.41, 5.74) is -1.94. The highest BCUT2D eigenvalue weighted by Crippen LogP contribution is 2.53. The second-order valence-electron chi connectivity index (χ2n) is 7.15. The first-order valence-electron chi connectivity index (χ1n) is 8.74. The molecule has 0 atom stereocenters. The lowest BCUT2D eigenvalue weighted by atomic mass is 9.73. The van der Waals surface area contributed by atoms with Crippen molar-refractivity contribution in [2.45, 2.75) is 24.2 Å². The number of benzene rings is 2. The van der Waals surface area contributed by atoms with Crippen molar-refractivity contribution in [1.29, 1.82) is 0 Å². The van der Waals surface area contributed by atoms with Crippen molar-refractivity contribution in [3.05, 3.63) is 75.9 Å². The summed E-state index contributed by atoms with van der Waals surface area (Å²) >= 11 is 0. The number of Topliss-reactive ketones (excluding diaryl/α,β-unsaturated/α-hetero) is 1. The van der Waals surface area contributed by atoms with Crippen LogP contribution in [0.3, 0.4) is 0 Å². The Balaban J connectivity index is 2.23. The van der Waals surface area contributed by atoms with Crippen LogP contribution in [-0.2, 0) is 25.6 Å². The monoisotopic (exact) mass is 432 g/mol. The van der Waals surface area contributed by atoms with E-state index in [4.69, 9.17) is 0 Å². The van der Waals surface area contributed by atoms with Crippen LogP contribution in [0.4, 0.5) is 8.78 Å². The summed E-state index contributed by atoms with van der Waals surface area (Å²) in [6, 6.07) is 6.97. The van der Waals surface area contributed by atoms with Crippen molar-refractivity contribution in [2.24, 2.45) is 0 Å². The van der Waals surface area contributed by atoms with E-state index < -0.39 is 61.4 Å². The molecule has 0 bridgehead atoms. The number of hydrogen-bond donors (Lipinski definition) is 2. The van der Waals surface area contributed by atoms with Crippen LogP contribution in [0.25, 0.3) is 5.57 Å². The highest BCUT2D eigenvalue weighted by atomic mass is 32.2. The lowest BCUT2D eigenvalue weighted by molar-refractivity contribution is -0.123. The SMILES string of the molecule is Cc1ccc(S(=O)(=O)O)c(C2=C3C(=O)CC(=O)C=C3C(F)(F)c3cc(O)ccc32)c1. The molecule has 0 saturated heterocycles. The summed E-state index contributed by atoms with van der Waals surface area (Å²) in [4.78, 5) is 24.0. The van der Waals surface area contributed by atoms with E-state index in [2.05, 4.69) is 0 Å². The van der Waals surface area contributed by atoms with Gasteiger partial charge < -0.3 is 5.11 Å². The van der Waals surface area contributed by atoms with Gasteiger partial charge in [0.1, 0.15) is 10.6 Å². The molecule has 0 aromatic heterocycles. The molecule has 2 aliphatic carbocycles. The minimum absolute atomic E-state index is 0.143. The molecular formula is C21H14F2O6S. The average molecular weight is 432 g/mol. The first-order valence-corrected chi connectivity index (χ1v) is 10.2. The number of carbonyl (C=O) groups excluding carboxylic acids is 2. The van der Waals surface area contributed by atoms with Crippen LogP contribution in [0.1, 0.15) is 28.7 Å². The first kappa shape index (κ1) is 20.1. The molecule has 2 aromatic rings. The van der Waals surface area contributed by atoms with Crippen LogP contribution in [0.5, 0.6) is 5.75 Å². The molecule has 9 heteroatoms. The minimum atomic E-state index is -4.77. The molecule has 2 aliphatic rings. The predicted octanol–water partition coefficient (Wildman–Crippen LogP) is 3.32. The fourth-order valence-corrected chi connectivity index (χ4v) is 4.52. The number of ketones is 2. The molecule has 6 nitrogen and oxygen atoms in total. The van der Waals surface area contributed by atoms with Gasteiger partial charge in [0, 0.05) is 27.8 Å². The zero-order chi connectivity index (χ0) is 22.0. The molecule has 0 radical (unpaired) electrons. The fourth-order valence-electron chi connectivity index (χ4n) is 3.84. The molecular weight excluding hydrogens is 418 g/mol. The van der Waals surface area contributed by atoms with Crippen LogP contribution >= 0.6 is 0 Å². The Hall–Kier alpha value is -3.17. The third-order valence-electron chi connectivity index (χ3n) is 5.07. The van der Waals surface area contributed by atoms with Gasteiger partial charge in [-0.05, 0) is 42.8 Å². The number of halogens is 2.